The first-order valence-electron chi connectivity index (χ1n) is 11.6. The molecule has 0 aromatic heterocycles. The molecule has 0 spiro atoms. The topological polar surface area (TPSA) is 134 Å². The molecule has 1 heterocycles. The summed E-state index contributed by atoms with van der Waals surface area (Å²) in [6.45, 7) is 4.08. The molecule has 2 aromatic rings. The standard InChI is InChI=1S/C25H28N4O7/c1-3-12-35-19-11-10-18(14-20(19)36-13-4-2)29-23(32)22(31)28(25(29)34)16-21(30)27-24(33)26-15-17-8-6-5-7-9-17/h5-11,14H,3-4,12-13,15-16H2,1-2H3,(H2,26,27,30,33). The van der Waals surface area contributed by atoms with E-state index < -0.39 is 36.3 Å². The highest BCUT2D eigenvalue weighted by Crippen LogP contribution is 2.34. The first kappa shape index (κ1) is 26.2. The van der Waals surface area contributed by atoms with Crippen LogP contribution in [0.2, 0.25) is 0 Å². The molecule has 0 aliphatic carbocycles. The zero-order valence-electron chi connectivity index (χ0n) is 20.1. The lowest BCUT2D eigenvalue weighted by molar-refractivity contribution is -0.140. The third-order valence-electron chi connectivity index (χ3n) is 5.01. The number of imide groups is 3. The maximum Gasteiger partial charge on any atom is 0.339 e. The van der Waals surface area contributed by atoms with Crippen molar-refractivity contribution in [1.29, 1.82) is 0 Å². The van der Waals surface area contributed by atoms with Gasteiger partial charge in [-0.2, -0.15) is 0 Å². The molecule has 7 amide bonds. The summed E-state index contributed by atoms with van der Waals surface area (Å²) in [6.07, 6.45) is 1.49. The van der Waals surface area contributed by atoms with Crippen molar-refractivity contribution < 1.29 is 33.4 Å². The number of anilines is 1. The zero-order valence-corrected chi connectivity index (χ0v) is 20.1. The molecule has 0 unspecified atom stereocenters. The Bertz CT molecular complexity index is 1140. The van der Waals surface area contributed by atoms with E-state index in [4.69, 9.17) is 9.47 Å². The van der Waals surface area contributed by atoms with E-state index in [0.29, 0.717) is 34.5 Å². The summed E-state index contributed by atoms with van der Waals surface area (Å²) in [5.74, 6) is -2.46. The Labute approximate surface area is 208 Å². The lowest BCUT2D eigenvalue weighted by atomic mass is 10.2. The van der Waals surface area contributed by atoms with Crippen LogP contribution in [0.4, 0.5) is 15.3 Å². The Balaban J connectivity index is 1.66. The highest BCUT2D eigenvalue weighted by atomic mass is 16.5. The summed E-state index contributed by atoms with van der Waals surface area (Å²) in [7, 11) is 0. The van der Waals surface area contributed by atoms with Crippen LogP contribution in [0.1, 0.15) is 32.3 Å². The number of carbonyl (C=O) groups excluding carboxylic acids is 5. The van der Waals surface area contributed by atoms with Crippen LogP contribution in [0.25, 0.3) is 0 Å². The number of benzene rings is 2. The van der Waals surface area contributed by atoms with Gasteiger partial charge in [-0.25, -0.2) is 19.4 Å². The molecule has 1 saturated heterocycles. The predicted molar refractivity (Wildman–Crippen MR) is 129 cm³/mol. The van der Waals surface area contributed by atoms with Crippen molar-refractivity contribution >= 4 is 35.5 Å². The number of urea groups is 2. The molecule has 1 fully saturated rings. The van der Waals surface area contributed by atoms with Crippen LogP contribution in [0.3, 0.4) is 0 Å². The van der Waals surface area contributed by atoms with Crippen LogP contribution in [0.5, 0.6) is 11.5 Å². The highest BCUT2D eigenvalue weighted by Gasteiger charge is 2.46. The average molecular weight is 497 g/mol. The molecule has 3 rings (SSSR count). The monoisotopic (exact) mass is 496 g/mol. The summed E-state index contributed by atoms with van der Waals surface area (Å²) in [5.41, 5.74) is 0.913. The third kappa shape index (κ3) is 6.38. The van der Waals surface area contributed by atoms with E-state index in [0.717, 1.165) is 18.4 Å². The zero-order chi connectivity index (χ0) is 26.1. The fourth-order valence-corrected chi connectivity index (χ4v) is 3.30. The minimum atomic E-state index is -1.18. The molecule has 11 nitrogen and oxygen atoms in total. The first-order valence-corrected chi connectivity index (χ1v) is 11.6. The predicted octanol–water partition coefficient (Wildman–Crippen LogP) is 2.59. The van der Waals surface area contributed by atoms with E-state index in [9.17, 15) is 24.0 Å². The summed E-state index contributed by atoms with van der Waals surface area (Å²) >= 11 is 0. The van der Waals surface area contributed by atoms with Gasteiger partial charge < -0.3 is 14.8 Å². The fraction of sp³-hybridized carbons (Fsp3) is 0.320. The number of hydrogen-bond donors (Lipinski definition) is 2. The molecule has 2 aromatic carbocycles. The molecule has 190 valence electrons. The Kier molecular flexibility index (Phi) is 8.98. The summed E-state index contributed by atoms with van der Waals surface area (Å²) in [5, 5.41) is 4.55. The molecule has 1 aliphatic rings. The van der Waals surface area contributed by atoms with E-state index in [-0.39, 0.29) is 12.2 Å². The SMILES string of the molecule is CCCOc1ccc(N2C(=O)C(=O)N(CC(=O)NC(=O)NCc3ccccc3)C2=O)cc1OCCC. The normalized spacial score (nSPS) is 13.1. The van der Waals surface area contributed by atoms with Crippen molar-refractivity contribution in [3.63, 3.8) is 0 Å². The molecule has 0 bridgehead atoms. The Hall–Kier alpha value is -4.41. The maximum absolute atomic E-state index is 12.9. The van der Waals surface area contributed by atoms with Crippen LogP contribution in [-0.2, 0) is 20.9 Å². The molecule has 0 radical (unpaired) electrons. The van der Waals surface area contributed by atoms with Gasteiger partial charge in [-0.15, -0.1) is 0 Å². The number of carbonyl (C=O) groups is 5. The maximum atomic E-state index is 12.9. The number of rotatable bonds is 11. The summed E-state index contributed by atoms with van der Waals surface area (Å²) in [4.78, 5) is 63.4. The molecule has 1 aliphatic heterocycles. The minimum absolute atomic E-state index is 0.0943. The second-order valence-corrected chi connectivity index (χ2v) is 7.86. The van der Waals surface area contributed by atoms with Gasteiger partial charge in [0.05, 0.1) is 18.9 Å². The van der Waals surface area contributed by atoms with Crippen molar-refractivity contribution in [2.24, 2.45) is 0 Å². The van der Waals surface area contributed by atoms with Gasteiger partial charge in [0, 0.05) is 12.6 Å². The van der Waals surface area contributed by atoms with Crippen LogP contribution in [0.15, 0.2) is 48.5 Å². The lowest BCUT2D eigenvalue weighted by Gasteiger charge is -2.18. The van der Waals surface area contributed by atoms with Gasteiger partial charge in [0.2, 0.25) is 5.91 Å². The van der Waals surface area contributed by atoms with E-state index in [1.807, 2.05) is 25.2 Å². The van der Waals surface area contributed by atoms with Crippen molar-refractivity contribution in [1.82, 2.24) is 15.5 Å². The average Bonchev–Trinajstić information content (AvgIpc) is 3.08. The quantitative estimate of drug-likeness (QED) is 0.361. The number of nitrogens with one attached hydrogen (secondary N) is 2. The van der Waals surface area contributed by atoms with Gasteiger partial charge >= 0.3 is 23.9 Å². The molecule has 36 heavy (non-hydrogen) atoms. The van der Waals surface area contributed by atoms with Crippen molar-refractivity contribution in [3.8, 4) is 11.5 Å². The first-order chi connectivity index (χ1) is 17.3. The smallest absolute Gasteiger partial charge is 0.339 e. The van der Waals surface area contributed by atoms with Crippen LogP contribution in [0, 0.1) is 0 Å². The number of nitrogens with zero attached hydrogens (tertiary/aromatic N) is 2. The van der Waals surface area contributed by atoms with E-state index in [2.05, 4.69) is 5.32 Å². The molecule has 11 heteroatoms. The Morgan fingerprint density at radius 1 is 0.861 bits per heavy atom. The van der Waals surface area contributed by atoms with Crippen LogP contribution < -0.4 is 25.0 Å². The molecule has 0 saturated carbocycles. The van der Waals surface area contributed by atoms with Gasteiger partial charge in [0.15, 0.2) is 11.5 Å². The minimum Gasteiger partial charge on any atom is -0.490 e. The number of ether oxygens (including phenoxy) is 2. The van der Waals surface area contributed by atoms with E-state index >= 15 is 0 Å². The van der Waals surface area contributed by atoms with Gasteiger partial charge in [-0.1, -0.05) is 44.2 Å². The van der Waals surface area contributed by atoms with Gasteiger partial charge in [0.25, 0.3) is 0 Å². The number of hydrogen-bond acceptors (Lipinski definition) is 7. The van der Waals surface area contributed by atoms with Crippen LogP contribution >= 0.6 is 0 Å². The van der Waals surface area contributed by atoms with E-state index in [1.165, 1.54) is 12.1 Å². The second-order valence-electron chi connectivity index (χ2n) is 7.86. The number of amides is 7. The fourth-order valence-electron chi connectivity index (χ4n) is 3.30. The molecule has 2 N–H and O–H groups in total. The highest BCUT2D eigenvalue weighted by molar-refractivity contribution is 6.53. The van der Waals surface area contributed by atoms with Crippen LogP contribution in [-0.4, -0.2) is 54.4 Å². The third-order valence-corrected chi connectivity index (χ3v) is 5.01. The molecular formula is C25H28N4O7. The molecule has 0 atom stereocenters. The van der Waals surface area contributed by atoms with Crippen molar-refractivity contribution in [2.75, 3.05) is 24.7 Å². The Morgan fingerprint density at radius 3 is 2.19 bits per heavy atom. The largest absolute Gasteiger partial charge is 0.490 e. The Morgan fingerprint density at radius 2 is 1.53 bits per heavy atom. The van der Waals surface area contributed by atoms with Crippen molar-refractivity contribution in [3.05, 3.63) is 54.1 Å². The van der Waals surface area contributed by atoms with Gasteiger partial charge in [-0.3, -0.25) is 19.7 Å². The van der Waals surface area contributed by atoms with E-state index in [1.54, 1.807) is 30.3 Å². The molecular weight excluding hydrogens is 468 g/mol. The lowest BCUT2D eigenvalue weighted by Crippen LogP contribution is -2.46. The summed E-state index contributed by atoms with van der Waals surface area (Å²) < 4.78 is 11.3. The summed E-state index contributed by atoms with van der Waals surface area (Å²) in [6, 6.07) is 11.7. The van der Waals surface area contributed by atoms with Crippen molar-refractivity contribution in [2.45, 2.75) is 33.2 Å². The van der Waals surface area contributed by atoms with Gasteiger partial charge in [-0.05, 0) is 30.5 Å². The van der Waals surface area contributed by atoms with Gasteiger partial charge in [0.1, 0.15) is 6.54 Å². The second kappa shape index (κ2) is 12.3.